The van der Waals surface area contributed by atoms with Gasteiger partial charge in [-0.05, 0) is 29.5 Å². The van der Waals surface area contributed by atoms with Gasteiger partial charge in [0.2, 0.25) is 0 Å². The van der Waals surface area contributed by atoms with Crippen molar-refractivity contribution < 1.29 is 4.74 Å². The van der Waals surface area contributed by atoms with Gasteiger partial charge in [0.15, 0.2) is 0 Å². The molecule has 0 aliphatic heterocycles. The standard InChI is InChI=1S/C13H15NO/c1-9-11(8-14)7-6-10-4-3-5-12(15-2)13(9)10/h3-7H,8,14H2,1-2H3. The van der Waals surface area contributed by atoms with Crippen LogP contribution in [0.1, 0.15) is 11.1 Å². The highest BCUT2D eigenvalue weighted by Gasteiger charge is 2.06. The summed E-state index contributed by atoms with van der Waals surface area (Å²) in [5.74, 6) is 0.917. The van der Waals surface area contributed by atoms with Crippen molar-refractivity contribution in [3.05, 3.63) is 41.5 Å². The van der Waals surface area contributed by atoms with E-state index in [0.29, 0.717) is 6.54 Å². The Kier molecular flexibility index (Phi) is 2.60. The highest BCUT2D eigenvalue weighted by atomic mass is 16.5. The molecule has 0 heterocycles. The van der Waals surface area contributed by atoms with Gasteiger partial charge >= 0.3 is 0 Å². The molecule has 0 saturated carbocycles. The minimum absolute atomic E-state index is 0.569. The van der Waals surface area contributed by atoms with Crippen molar-refractivity contribution in [1.82, 2.24) is 0 Å². The number of nitrogens with two attached hydrogens (primary N) is 1. The second-order valence-corrected chi connectivity index (χ2v) is 3.61. The summed E-state index contributed by atoms with van der Waals surface area (Å²) in [5, 5.41) is 2.37. The first kappa shape index (κ1) is 9.99. The molecule has 2 rings (SSSR count). The molecule has 0 aliphatic carbocycles. The second-order valence-electron chi connectivity index (χ2n) is 3.61. The molecule has 0 spiro atoms. The molecule has 2 nitrogen and oxygen atoms in total. The van der Waals surface area contributed by atoms with Crippen molar-refractivity contribution in [1.29, 1.82) is 0 Å². The molecule has 0 fully saturated rings. The number of hydrogen-bond acceptors (Lipinski definition) is 2. The van der Waals surface area contributed by atoms with Crippen LogP contribution in [0.15, 0.2) is 30.3 Å². The molecule has 2 N–H and O–H groups in total. The Morgan fingerprint density at radius 2 is 2.00 bits per heavy atom. The topological polar surface area (TPSA) is 35.2 Å². The number of hydrogen-bond donors (Lipinski definition) is 1. The fourth-order valence-corrected chi connectivity index (χ4v) is 1.96. The van der Waals surface area contributed by atoms with Gasteiger partial charge in [0.25, 0.3) is 0 Å². The number of aryl methyl sites for hydroxylation is 1. The smallest absolute Gasteiger partial charge is 0.126 e. The zero-order valence-corrected chi connectivity index (χ0v) is 9.08. The summed E-state index contributed by atoms with van der Waals surface area (Å²) in [5.41, 5.74) is 8.08. The van der Waals surface area contributed by atoms with Crippen LogP contribution in [-0.4, -0.2) is 7.11 Å². The molecule has 0 unspecified atom stereocenters. The van der Waals surface area contributed by atoms with Crippen LogP contribution >= 0.6 is 0 Å². The van der Waals surface area contributed by atoms with Crippen molar-refractivity contribution >= 4 is 10.8 Å². The fourth-order valence-electron chi connectivity index (χ4n) is 1.96. The molecule has 0 aliphatic rings. The predicted octanol–water partition coefficient (Wildman–Crippen LogP) is 2.62. The fraction of sp³-hybridized carbons (Fsp3) is 0.231. The normalized spacial score (nSPS) is 10.6. The largest absolute Gasteiger partial charge is 0.496 e. The van der Waals surface area contributed by atoms with Crippen LogP contribution in [0.5, 0.6) is 5.75 Å². The van der Waals surface area contributed by atoms with Gasteiger partial charge in [0.1, 0.15) is 5.75 Å². The lowest BCUT2D eigenvalue weighted by Gasteiger charge is -2.11. The zero-order chi connectivity index (χ0) is 10.8. The van der Waals surface area contributed by atoms with Crippen LogP contribution in [0.3, 0.4) is 0 Å². The third-order valence-corrected chi connectivity index (χ3v) is 2.82. The molecule has 2 aromatic carbocycles. The van der Waals surface area contributed by atoms with Gasteiger partial charge in [-0.1, -0.05) is 24.3 Å². The van der Waals surface area contributed by atoms with Crippen molar-refractivity contribution in [3.8, 4) is 5.75 Å². The lowest BCUT2D eigenvalue weighted by molar-refractivity contribution is 0.419. The van der Waals surface area contributed by atoms with Crippen LogP contribution in [0.2, 0.25) is 0 Å². The van der Waals surface area contributed by atoms with E-state index in [9.17, 15) is 0 Å². The summed E-state index contributed by atoms with van der Waals surface area (Å²) in [4.78, 5) is 0. The summed E-state index contributed by atoms with van der Waals surface area (Å²) in [6, 6.07) is 10.2. The van der Waals surface area contributed by atoms with Crippen molar-refractivity contribution in [2.75, 3.05) is 7.11 Å². The average molecular weight is 201 g/mol. The Hall–Kier alpha value is -1.54. The Bertz CT molecular complexity index is 491. The summed E-state index contributed by atoms with van der Waals surface area (Å²) in [6.07, 6.45) is 0. The third kappa shape index (κ3) is 1.57. The monoisotopic (exact) mass is 201 g/mol. The SMILES string of the molecule is COc1cccc2ccc(CN)c(C)c12. The van der Waals surface area contributed by atoms with E-state index >= 15 is 0 Å². The van der Waals surface area contributed by atoms with Gasteiger partial charge < -0.3 is 10.5 Å². The predicted molar refractivity (Wildman–Crippen MR) is 63.1 cm³/mol. The first-order valence-corrected chi connectivity index (χ1v) is 5.03. The molecule has 2 aromatic rings. The Labute approximate surface area is 89.7 Å². The molecule has 2 heteroatoms. The third-order valence-electron chi connectivity index (χ3n) is 2.82. The van der Waals surface area contributed by atoms with Gasteiger partial charge in [-0.2, -0.15) is 0 Å². The lowest BCUT2D eigenvalue weighted by Crippen LogP contribution is -2.00. The first-order valence-electron chi connectivity index (χ1n) is 5.03. The minimum atomic E-state index is 0.569. The Morgan fingerprint density at radius 1 is 1.20 bits per heavy atom. The van der Waals surface area contributed by atoms with E-state index in [1.54, 1.807) is 7.11 Å². The number of methoxy groups -OCH3 is 1. The molecule has 0 saturated heterocycles. The van der Waals surface area contributed by atoms with E-state index < -0.39 is 0 Å². The highest BCUT2D eigenvalue weighted by Crippen LogP contribution is 2.30. The van der Waals surface area contributed by atoms with Crippen LogP contribution in [0.25, 0.3) is 10.8 Å². The number of fused-ring (bicyclic) bond motifs is 1. The zero-order valence-electron chi connectivity index (χ0n) is 9.08. The van der Waals surface area contributed by atoms with Crippen molar-refractivity contribution in [2.45, 2.75) is 13.5 Å². The number of ether oxygens (including phenoxy) is 1. The summed E-state index contributed by atoms with van der Waals surface area (Å²) < 4.78 is 5.37. The van der Waals surface area contributed by atoms with E-state index in [2.05, 4.69) is 25.1 Å². The van der Waals surface area contributed by atoms with Crippen molar-refractivity contribution in [2.24, 2.45) is 5.73 Å². The summed E-state index contributed by atoms with van der Waals surface area (Å²) in [7, 11) is 1.70. The van der Waals surface area contributed by atoms with Crippen LogP contribution in [0, 0.1) is 6.92 Å². The van der Waals surface area contributed by atoms with E-state index in [1.807, 2.05) is 12.1 Å². The second kappa shape index (κ2) is 3.91. The van der Waals surface area contributed by atoms with Gasteiger partial charge in [0, 0.05) is 11.9 Å². The Morgan fingerprint density at radius 3 is 2.67 bits per heavy atom. The molecular formula is C13H15NO. The number of rotatable bonds is 2. The van der Waals surface area contributed by atoms with E-state index in [1.165, 1.54) is 21.9 Å². The number of benzene rings is 2. The summed E-state index contributed by atoms with van der Waals surface area (Å²) in [6.45, 7) is 2.66. The first-order chi connectivity index (χ1) is 7.27. The summed E-state index contributed by atoms with van der Waals surface area (Å²) >= 11 is 0. The minimum Gasteiger partial charge on any atom is -0.496 e. The van der Waals surface area contributed by atoms with Crippen LogP contribution in [0.4, 0.5) is 0 Å². The quantitative estimate of drug-likeness (QED) is 0.810. The molecule has 0 aromatic heterocycles. The molecular weight excluding hydrogens is 186 g/mol. The molecule has 0 atom stereocenters. The van der Waals surface area contributed by atoms with Gasteiger partial charge in [-0.15, -0.1) is 0 Å². The Balaban J connectivity index is 2.82. The van der Waals surface area contributed by atoms with E-state index in [4.69, 9.17) is 10.5 Å². The lowest BCUT2D eigenvalue weighted by atomic mass is 9.99. The average Bonchev–Trinajstić information content (AvgIpc) is 2.29. The molecule has 0 bridgehead atoms. The van der Waals surface area contributed by atoms with Crippen molar-refractivity contribution in [3.63, 3.8) is 0 Å². The van der Waals surface area contributed by atoms with E-state index in [-0.39, 0.29) is 0 Å². The van der Waals surface area contributed by atoms with E-state index in [0.717, 1.165) is 5.75 Å². The maximum atomic E-state index is 5.69. The van der Waals surface area contributed by atoms with Crippen LogP contribution in [-0.2, 0) is 6.54 Å². The maximum absolute atomic E-state index is 5.69. The molecule has 15 heavy (non-hydrogen) atoms. The van der Waals surface area contributed by atoms with Crippen LogP contribution < -0.4 is 10.5 Å². The molecule has 0 amide bonds. The molecule has 0 radical (unpaired) electrons. The van der Waals surface area contributed by atoms with Gasteiger partial charge in [-0.3, -0.25) is 0 Å². The molecule has 78 valence electrons. The van der Waals surface area contributed by atoms with Gasteiger partial charge in [-0.25, -0.2) is 0 Å². The maximum Gasteiger partial charge on any atom is 0.126 e. The van der Waals surface area contributed by atoms with Gasteiger partial charge in [0.05, 0.1) is 7.11 Å². The highest BCUT2D eigenvalue weighted by molar-refractivity contribution is 5.92.